The highest BCUT2D eigenvalue weighted by Crippen LogP contribution is 2.10. The summed E-state index contributed by atoms with van der Waals surface area (Å²) in [6, 6.07) is 3.94. The Bertz CT molecular complexity index is 540. The second-order valence-corrected chi connectivity index (χ2v) is 3.98. The molecule has 0 aromatic heterocycles. The van der Waals surface area contributed by atoms with E-state index in [-0.39, 0.29) is 5.56 Å². The SMILES string of the molecule is Cc1ccc(F)c(C(=O)[N+](C)=S(=O)=O)c1. The Hall–Kier alpha value is -1.56. The fourth-order valence-electron chi connectivity index (χ4n) is 1.04. The first-order chi connectivity index (χ1) is 6.93. The van der Waals surface area contributed by atoms with Crippen LogP contribution in [0.2, 0.25) is 0 Å². The quantitative estimate of drug-likeness (QED) is 0.676. The van der Waals surface area contributed by atoms with E-state index in [1.54, 1.807) is 6.92 Å². The predicted octanol–water partition coefficient (Wildman–Crippen LogP) is 0.979. The molecule has 1 rings (SSSR count). The minimum atomic E-state index is -2.69. The molecule has 0 saturated heterocycles. The van der Waals surface area contributed by atoms with Crippen LogP contribution < -0.4 is 0 Å². The van der Waals surface area contributed by atoms with Crippen molar-refractivity contribution in [2.45, 2.75) is 6.92 Å². The van der Waals surface area contributed by atoms with Crippen LogP contribution in [0.15, 0.2) is 18.2 Å². The molecule has 0 aliphatic heterocycles. The molecule has 4 nitrogen and oxygen atoms in total. The molecule has 0 saturated carbocycles. The Balaban J connectivity index is 3.36. The van der Waals surface area contributed by atoms with Gasteiger partial charge in [-0.2, -0.15) is 0 Å². The molecule has 6 heteroatoms. The van der Waals surface area contributed by atoms with Gasteiger partial charge in [0.1, 0.15) is 11.4 Å². The molecule has 0 heterocycles. The molecule has 1 aromatic rings. The van der Waals surface area contributed by atoms with Gasteiger partial charge in [0.2, 0.25) is 0 Å². The number of hydrogen-bond donors (Lipinski definition) is 0. The summed E-state index contributed by atoms with van der Waals surface area (Å²) >= 11 is 0. The van der Waals surface area contributed by atoms with Crippen molar-refractivity contribution in [2.24, 2.45) is 0 Å². The summed E-state index contributed by atoms with van der Waals surface area (Å²) in [6.45, 7) is 1.68. The second kappa shape index (κ2) is 4.31. The van der Waals surface area contributed by atoms with Crippen LogP contribution in [0.1, 0.15) is 15.9 Å². The zero-order valence-corrected chi connectivity index (χ0v) is 9.01. The second-order valence-electron chi connectivity index (χ2n) is 3.00. The zero-order chi connectivity index (χ0) is 11.6. The van der Waals surface area contributed by atoms with Crippen molar-refractivity contribution in [3.05, 3.63) is 35.1 Å². The van der Waals surface area contributed by atoms with Crippen LogP contribution in [0, 0.1) is 12.7 Å². The van der Waals surface area contributed by atoms with E-state index >= 15 is 0 Å². The maximum Gasteiger partial charge on any atom is 0.467 e. The first-order valence-corrected chi connectivity index (χ1v) is 5.10. The molecule has 80 valence electrons. The molecule has 0 aliphatic rings. The Labute approximate surface area is 87.7 Å². The van der Waals surface area contributed by atoms with Crippen LogP contribution in [-0.2, 0) is 10.5 Å². The van der Waals surface area contributed by atoms with Crippen molar-refractivity contribution in [3.8, 4) is 0 Å². The molecule has 0 spiro atoms. The van der Waals surface area contributed by atoms with Gasteiger partial charge in [0.15, 0.2) is 7.05 Å². The normalized spacial score (nSPS) is 9.80. The van der Waals surface area contributed by atoms with Crippen molar-refractivity contribution >= 4 is 16.4 Å². The summed E-state index contributed by atoms with van der Waals surface area (Å²) in [5.41, 5.74) is 0.437. The molecular weight excluding hydrogens is 221 g/mol. The predicted molar refractivity (Wildman–Crippen MR) is 50.6 cm³/mol. The maximum absolute atomic E-state index is 13.2. The Morgan fingerprint density at radius 1 is 1.40 bits per heavy atom. The first kappa shape index (κ1) is 11.5. The molecule has 1 amide bonds. The van der Waals surface area contributed by atoms with E-state index in [4.69, 9.17) is 0 Å². The number of halogens is 1. The molecule has 0 aliphatic carbocycles. The molecule has 0 radical (unpaired) electrons. The van der Waals surface area contributed by atoms with Gasteiger partial charge in [-0.15, -0.1) is 8.42 Å². The van der Waals surface area contributed by atoms with Crippen LogP contribution >= 0.6 is 0 Å². The third-order valence-corrected chi connectivity index (χ3v) is 2.47. The highest BCUT2D eigenvalue weighted by molar-refractivity contribution is 7.59. The van der Waals surface area contributed by atoms with E-state index in [0.29, 0.717) is 9.51 Å². The van der Waals surface area contributed by atoms with Gasteiger partial charge in [-0.1, -0.05) is 6.07 Å². The Morgan fingerprint density at radius 3 is 2.53 bits per heavy atom. The number of carbonyl (C=O) groups is 1. The van der Waals surface area contributed by atoms with E-state index in [2.05, 4.69) is 0 Å². The fraction of sp³-hybridized carbons (Fsp3) is 0.222. The molecule has 0 unspecified atom stereocenters. The van der Waals surface area contributed by atoms with E-state index < -0.39 is 22.2 Å². The van der Waals surface area contributed by atoms with Crippen LogP contribution in [0.25, 0.3) is 0 Å². The van der Waals surface area contributed by atoms with Gasteiger partial charge in [-0.25, -0.2) is 9.18 Å². The number of amides is 1. The average Bonchev–Trinajstić information content (AvgIpc) is 2.19. The summed E-state index contributed by atoms with van der Waals surface area (Å²) in [5, 5.41) is 0. The van der Waals surface area contributed by atoms with Crippen molar-refractivity contribution in [1.29, 1.82) is 0 Å². The number of carbonyl (C=O) groups excluding carboxylic acids is 1. The molecule has 0 bridgehead atoms. The van der Waals surface area contributed by atoms with Crippen LogP contribution in [0.3, 0.4) is 0 Å². The summed E-state index contributed by atoms with van der Waals surface area (Å²) in [5.74, 6) is -1.62. The van der Waals surface area contributed by atoms with Gasteiger partial charge in [0.25, 0.3) is 0 Å². The van der Waals surface area contributed by atoms with Gasteiger partial charge >= 0.3 is 16.4 Å². The highest BCUT2D eigenvalue weighted by atomic mass is 32.2. The smallest absolute Gasteiger partial charge is 0.213 e. The van der Waals surface area contributed by atoms with E-state index in [1.807, 2.05) is 0 Å². The van der Waals surface area contributed by atoms with E-state index in [1.165, 1.54) is 12.1 Å². The standard InChI is InChI=1S/C9H9FNO3S/c1-6-3-4-8(10)7(5-6)9(12)11(2)15(13)14/h3-5H,1-2H3/q+1. The minimum Gasteiger partial charge on any atom is -0.213 e. The summed E-state index contributed by atoms with van der Waals surface area (Å²) in [7, 11) is -1.63. The number of benzene rings is 1. The summed E-state index contributed by atoms with van der Waals surface area (Å²) in [6.07, 6.45) is 0. The van der Waals surface area contributed by atoms with Crippen LogP contribution in [-0.4, -0.2) is 25.3 Å². The molecule has 0 atom stereocenters. The van der Waals surface area contributed by atoms with Gasteiger partial charge in [0, 0.05) is 0 Å². The monoisotopic (exact) mass is 230 g/mol. The molecule has 0 N–H and O–H groups in total. The molecule has 1 aromatic carbocycles. The number of aryl methyl sites for hydroxylation is 1. The number of nitrogens with zero attached hydrogens (tertiary/aromatic N) is 1. The average molecular weight is 230 g/mol. The maximum atomic E-state index is 13.2. The van der Waals surface area contributed by atoms with E-state index in [0.717, 1.165) is 13.1 Å². The largest absolute Gasteiger partial charge is 0.467 e. The van der Waals surface area contributed by atoms with Gasteiger partial charge in [-0.3, -0.25) is 0 Å². The summed E-state index contributed by atoms with van der Waals surface area (Å²) in [4.78, 5) is 11.5. The molecule has 0 fully saturated rings. The molecular formula is C9H9FNO3S+. The van der Waals surface area contributed by atoms with Crippen molar-refractivity contribution in [2.75, 3.05) is 7.05 Å². The van der Waals surface area contributed by atoms with Gasteiger partial charge in [0.05, 0.1) is 0 Å². The highest BCUT2D eigenvalue weighted by Gasteiger charge is 2.22. The van der Waals surface area contributed by atoms with Crippen LogP contribution in [0.4, 0.5) is 4.39 Å². The lowest BCUT2D eigenvalue weighted by Gasteiger charge is -1.97. The van der Waals surface area contributed by atoms with Crippen molar-refractivity contribution < 1.29 is 21.5 Å². The lowest BCUT2D eigenvalue weighted by Crippen LogP contribution is -2.17. The van der Waals surface area contributed by atoms with Gasteiger partial charge < -0.3 is 0 Å². The fourth-order valence-corrected chi connectivity index (χ4v) is 1.27. The van der Waals surface area contributed by atoms with Crippen molar-refractivity contribution in [1.82, 2.24) is 0 Å². The van der Waals surface area contributed by atoms with Crippen LogP contribution in [0.5, 0.6) is 0 Å². The third-order valence-electron chi connectivity index (χ3n) is 1.86. The first-order valence-electron chi connectivity index (χ1n) is 4.07. The minimum absolute atomic E-state index is 0.248. The number of hydrogen-bond acceptors (Lipinski definition) is 3. The third kappa shape index (κ3) is 2.47. The zero-order valence-electron chi connectivity index (χ0n) is 8.19. The lowest BCUT2D eigenvalue weighted by molar-refractivity contribution is -0.368. The lowest BCUT2D eigenvalue weighted by atomic mass is 10.1. The van der Waals surface area contributed by atoms with Gasteiger partial charge in [-0.05, 0) is 28.6 Å². The van der Waals surface area contributed by atoms with E-state index in [9.17, 15) is 17.6 Å². The van der Waals surface area contributed by atoms with Crippen molar-refractivity contribution in [3.63, 3.8) is 0 Å². The Kier molecular flexibility index (Phi) is 3.31. The topological polar surface area (TPSA) is 54.2 Å². The Morgan fingerprint density at radius 2 is 2.00 bits per heavy atom. The number of rotatable bonds is 1. The summed E-state index contributed by atoms with van der Waals surface area (Å²) < 4.78 is 34.6. The molecule has 15 heavy (non-hydrogen) atoms.